The number of rotatable bonds is 7. The minimum atomic E-state index is -1.38. The van der Waals surface area contributed by atoms with Crippen LogP contribution in [0.5, 0.6) is 0 Å². The molecule has 0 spiro atoms. The molecule has 2 amide bonds. The Balaban J connectivity index is 1.60. The van der Waals surface area contributed by atoms with E-state index in [0.29, 0.717) is 5.56 Å². The normalized spacial score (nSPS) is 11.2. The van der Waals surface area contributed by atoms with Crippen molar-refractivity contribution in [1.82, 2.24) is 10.3 Å². The number of nitrogens with zero attached hydrogens (tertiary/aromatic N) is 1. The van der Waals surface area contributed by atoms with Crippen molar-refractivity contribution < 1.29 is 19.1 Å². The summed E-state index contributed by atoms with van der Waals surface area (Å²) in [5.74, 6) is -1.00. The molecule has 3 rings (SSSR count). The molecule has 30 heavy (non-hydrogen) atoms. The van der Waals surface area contributed by atoms with Gasteiger partial charge in [0.1, 0.15) is 6.61 Å². The summed E-state index contributed by atoms with van der Waals surface area (Å²) < 4.78 is 5.04. The van der Waals surface area contributed by atoms with E-state index in [1.807, 2.05) is 18.2 Å². The first kappa shape index (κ1) is 20.7. The Morgan fingerprint density at radius 3 is 2.33 bits per heavy atom. The first-order valence-corrected chi connectivity index (χ1v) is 9.12. The van der Waals surface area contributed by atoms with Crippen LogP contribution in [0.25, 0.3) is 0 Å². The summed E-state index contributed by atoms with van der Waals surface area (Å²) >= 11 is 0. The summed E-state index contributed by atoms with van der Waals surface area (Å²) in [5.41, 5.74) is 7.44. The van der Waals surface area contributed by atoms with Crippen LogP contribution in [0.4, 0.5) is 10.5 Å². The van der Waals surface area contributed by atoms with Crippen molar-refractivity contribution in [2.45, 2.75) is 12.8 Å². The molecule has 1 aromatic heterocycles. The van der Waals surface area contributed by atoms with Gasteiger partial charge in [-0.3, -0.25) is 19.9 Å². The van der Waals surface area contributed by atoms with Crippen LogP contribution >= 0.6 is 0 Å². The molecule has 0 aliphatic heterocycles. The van der Waals surface area contributed by atoms with Crippen molar-refractivity contribution in [3.63, 3.8) is 0 Å². The number of benzene rings is 2. The van der Waals surface area contributed by atoms with Gasteiger partial charge in [0, 0.05) is 17.3 Å². The number of hydrogen-bond donors (Lipinski definition) is 3. The SMILES string of the molecule is NC(NC(=O)OCc1ccccc1)C(=O)Nc1cnccc1C(=O)c1ccccc1. The van der Waals surface area contributed by atoms with Crippen LogP contribution in [-0.4, -0.2) is 28.9 Å². The minimum Gasteiger partial charge on any atom is -0.445 e. The number of anilines is 1. The van der Waals surface area contributed by atoms with E-state index >= 15 is 0 Å². The predicted molar refractivity (Wildman–Crippen MR) is 110 cm³/mol. The van der Waals surface area contributed by atoms with Gasteiger partial charge in [0.15, 0.2) is 11.9 Å². The molecule has 8 heteroatoms. The van der Waals surface area contributed by atoms with Gasteiger partial charge in [0.25, 0.3) is 5.91 Å². The number of carbonyl (C=O) groups excluding carboxylic acids is 3. The van der Waals surface area contributed by atoms with Crippen molar-refractivity contribution in [3.05, 3.63) is 95.8 Å². The highest BCUT2D eigenvalue weighted by molar-refractivity contribution is 6.14. The maximum Gasteiger partial charge on any atom is 0.409 e. The highest BCUT2D eigenvalue weighted by Crippen LogP contribution is 2.18. The fourth-order valence-corrected chi connectivity index (χ4v) is 2.60. The summed E-state index contributed by atoms with van der Waals surface area (Å²) in [5, 5.41) is 4.77. The van der Waals surface area contributed by atoms with Crippen molar-refractivity contribution in [3.8, 4) is 0 Å². The summed E-state index contributed by atoms with van der Waals surface area (Å²) in [6.45, 7) is 0.0410. The highest BCUT2D eigenvalue weighted by atomic mass is 16.5. The van der Waals surface area contributed by atoms with Crippen LogP contribution in [0.1, 0.15) is 21.5 Å². The molecule has 1 heterocycles. The third kappa shape index (κ3) is 5.49. The topological polar surface area (TPSA) is 123 Å². The second kappa shape index (κ2) is 9.94. The quantitative estimate of drug-likeness (QED) is 0.411. The molecule has 3 aromatic rings. The molecule has 0 radical (unpaired) electrons. The number of aromatic nitrogens is 1. The van der Waals surface area contributed by atoms with E-state index in [1.165, 1.54) is 18.5 Å². The van der Waals surface area contributed by atoms with Gasteiger partial charge in [0.2, 0.25) is 0 Å². The van der Waals surface area contributed by atoms with Crippen LogP contribution in [0, 0.1) is 0 Å². The fraction of sp³-hybridized carbons (Fsp3) is 0.0909. The second-order valence-electron chi connectivity index (χ2n) is 6.29. The molecule has 0 saturated carbocycles. The molecular formula is C22H20N4O4. The summed E-state index contributed by atoms with van der Waals surface area (Å²) in [6.07, 6.45) is 0.570. The Bertz CT molecular complexity index is 1030. The molecule has 2 aromatic carbocycles. The third-order valence-corrected chi connectivity index (χ3v) is 4.13. The molecule has 4 N–H and O–H groups in total. The van der Waals surface area contributed by atoms with Crippen molar-refractivity contribution >= 4 is 23.5 Å². The van der Waals surface area contributed by atoms with Crippen LogP contribution in [0.3, 0.4) is 0 Å². The van der Waals surface area contributed by atoms with Gasteiger partial charge in [0.05, 0.1) is 11.9 Å². The van der Waals surface area contributed by atoms with Crippen molar-refractivity contribution in [1.29, 1.82) is 0 Å². The number of alkyl carbamates (subject to hydrolysis) is 1. The average Bonchev–Trinajstić information content (AvgIpc) is 2.79. The van der Waals surface area contributed by atoms with Crippen LogP contribution < -0.4 is 16.4 Å². The maximum absolute atomic E-state index is 12.7. The first-order valence-electron chi connectivity index (χ1n) is 9.12. The number of nitrogens with two attached hydrogens (primary N) is 1. The van der Waals surface area contributed by atoms with E-state index in [9.17, 15) is 14.4 Å². The predicted octanol–water partition coefficient (Wildman–Crippen LogP) is 2.46. The van der Waals surface area contributed by atoms with Gasteiger partial charge in [-0.05, 0) is 11.6 Å². The summed E-state index contributed by atoms with van der Waals surface area (Å²) in [4.78, 5) is 40.9. The zero-order valence-corrected chi connectivity index (χ0v) is 15.9. The average molecular weight is 404 g/mol. The molecule has 0 fully saturated rings. The van der Waals surface area contributed by atoms with E-state index in [0.717, 1.165) is 5.56 Å². The van der Waals surface area contributed by atoms with Gasteiger partial charge in [-0.25, -0.2) is 4.79 Å². The van der Waals surface area contributed by atoms with Crippen LogP contribution in [0.15, 0.2) is 79.1 Å². The zero-order valence-electron chi connectivity index (χ0n) is 15.9. The van der Waals surface area contributed by atoms with E-state index in [-0.39, 0.29) is 23.6 Å². The van der Waals surface area contributed by atoms with E-state index < -0.39 is 18.2 Å². The van der Waals surface area contributed by atoms with Gasteiger partial charge in [-0.1, -0.05) is 60.7 Å². The lowest BCUT2D eigenvalue weighted by molar-refractivity contribution is -0.118. The molecule has 152 valence electrons. The Morgan fingerprint density at radius 1 is 0.967 bits per heavy atom. The number of hydrogen-bond acceptors (Lipinski definition) is 6. The molecule has 0 aliphatic carbocycles. The smallest absolute Gasteiger partial charge is 0.409 e. The number of amides is 2. The Morgan fingerprint density at radius 2 is 1.63 bits per heavy atom. The van der Waals surface area contributed by atoms with Crippen molar-refractivity contribution in [2.75, 3.05) is 5.32 Å². The Hall–Kier alpha value is -4.04. The van der Waals surface area contributed by atoms with Gasteiger partial charge in [-0.2, -0.15) is 0 Å². The zero-order chi connectivity index (χ0) is 21.3. The minimum absolute atomic E-state index is 0.0410. The maximum atomic E-state index is 12.7. The Labute approximate surface area is 173 Å². The standard InChI is InChI=1S/C22H20N4O4/c23-20(26-22(29)30-14-15-7-3-1-4-8-15)21(28)25-18-13-24-12-11-17(18)19(27)16-9-5-2-6-10-16/h1-13,20H,14,23H2,(H,25,28)(H,26,29). The molecule has 1 unspecified atom stereocenters. The third-order valence-electron chi connectivity index (χ3n) is 4.13. The highest BCUT2D eigenvalue weighted by Gasteiger charge is 2.20. The number of ether oxygens (including phenoxy) is 1. The molecular weight excluding hydrogens is 384 g/mol. The number of pyridine rings is 1. The molecule has 0 bridgehead atoms. The number of ketones is 1. The summed E-state index contributed by atoms with van der Waals surface area (Å²) in [7, 11) is 0. The van der Waals surface area contributed by atoms with Gasteiger partial charge < -0.3 is 15.8 Å². The first-order chi connectivity index (χ1) is 14.5. The number of nitrogens with one attached hydrogen (secondary N) is 2. The number of carbonyl (C=O) groups is 3. The van der Waals surface area contributed by atoms with Crippen LogP contribution in [0.2, 0.25) is 0 Å². The van der Waals surface area contributed by atoms with E-state index in [2.05, 4.69) is 15.6 Å². The largest absolute Gasteiger partial charge is 0.445 e. The summed E-state index contributed by atoms with van der Waals surface area (Å²) in [6, 6.07) is 19.2. The van der Waals surface area contributed by atoms with E-state index in [4.69, 9.17) is 10.5 Å². The molecule has 0 saturated heterocycles. The molecule has 1 atom stereocenters. The van der Waals surface area contributed by atoms with Crippen molar-refractivity contribution in [2.24, 2.45) is 5.73 Å². The van der Waals surface area contributed by atoms with E-state index in [1.54, 1.807) is 42.5 Å². The molecule has 8 nitrogen and oxygen atoms in total. The van der Waals surface area contributed by atoms with Gasteiger partial charge >= 0.3 is 6.09 Å². The second-order valence-corrected chi connectivity index (χ2v) is 6.29. The monoisotopic (exact) mass is 404 g/mol. The van der Waals surface area contributed by atoms with Gasteiger partial charge in [-0.15, -0.1) is 0 Å². The fourth-order valence-electron chi connectivity index (χ4n) is 2.60. The lowest BCUT2D eigenvalue weighted by Gasteiger charge is -2.15. The molecule has 0 aliphatic rings. The lowest BCUT2D eigenvalue weighted by Crippen LogP contribution is -2.50. The van der Waals surface area contributed by atoms with Crippen LogP contribution in [-0.2, 0) is 16.1 Å². The Kier molecular flexibility index (Phi) is 6.86. The lowest BCUT2D eigenvalue weighted by atomic mass is 10.0.